The lowest BCUT2D eigenvalue weighted by atomic mass is 10.2. The van der Waals surface area contributed by atoms with Crippen molar-refractivity contribution in [1.82, 2.24) is 9.97 Å². The van der Waals surface area contributed by atoms with E-state index >= 15 is 0 Å². The van der Waals surface area contributed by atoms with E-state index in [1.807, 2.05) is 26.0 Å². The minimum absolute atomic E-state index is 0.0317. The summed E-state index contributed by atoms with van der Waals surface area (Å²) in [6.45, 7) is 3.89. The highest BCUT2D eigenvalue weighted by Crippen LogP contribution is 2.22. The molecule has 2 rings (SSSR count). The van der Waals surface area contributed by atoms with Crippen molar-refractivity contribution in [2.24, 2.45) is 5.84 Å². The summed E-state index contributed by atoms with van der Waals surface area (Å²) in [6.07, 6.45) is 3.10. The Morgan fingerprint density at radius 3 is 2.76 bits per heavy atom. The predicted molar refractivity (Wildman–Crippen MR) is 65.3 cm³/mol. The van der Waals surface area contributed by atoms with Gasteiger partial charge in [0.15, 0.2) is 0 Å². The standard InChI is InChI=1S/C11H15N5O/c1-7-10(13-6-14-11(7)16-12)15-8(2)9-4-3-5-17-9/h3-6,8H,12H2,1-2H3,(H2,13,14,15,16). The number of furan rings is 1. The number of nitrogen functional groups attached to an aromatic ring is 1. The van der Waals surface area contributed by atoms with Crippen molar-refractivity contribution in [3.63, 3.8) is 0 Å². The molecule has 0 fully saturated rings. The number of aromatic nitrogens is 2. The van der Waals surface area contributed by atoms with Gasteiger partial charge < -0.3 is 15.2 Å². The molecule has 0 aliphatic heterocycles. The van der Waals surface area contributed by atoms with Crippen LogP contribution in [0.1, 0.15) is 24.3 Å². The zero-order valence-corrected chi connectivity index (χ0v) is 9.77. The molecule has 0 aromatic carbocycles. The average molecular weight is 233 g/mol. The molecule has 1 atom stereocenters. The van der Waals surface area contributed by atoms with E-state index in [0.717, 1.165) is 17.1 Å². The van der Waals surface area contributed by atoms with Gasteiger partial charge >= 0.3 is 0 Å². The van der Waals surface area contributed by atoms with Gasteiger partial charge in [-0.3, -0.25) is 0 Å². The van der Waals surface area contributed by atoms with Crippen molar-refractivity contribution in [2.45, 2.75) is 19.9 Å². The quantitative estimate of drug-likeness (QED) is 0.551. The van der Waals surface area contributed by atoms with Crippen LogP contribution < -0.4 is 16.6 Å². The van der Waals surface area contributed by atoms with Gasteiger partial charge in [0.2, 0.25) is 0 Å². The molecule has 90 valence electrons. The molecular weight excluding hydrogens is 218 g/mol. The minimum Gasteiger partial charge on any atom is -0.467 e. The van der Waals surface area contributed by atoms with Gasteiger partial charge in [0.25, 0.3) is 0 Å². The number of hydrazine groups is 1. The van der Waals surface area contributed by atoms with Crippen molar-refractivity contribution < 1.29 is 4.42 Å². The molecule has 0 spiro atoms. The monoisotopic (exact) mass is 233 g/mol. The van der Waals surface area contributed by atoms with E-state index in [1.54, 1.807) is 6.26 Å². The fourth-order valence-electron chi connectivity index (χ4n) is 1.56. The third-order valence-electron chi connectivity index (χ3n) is 2.54. The Morgan fingerprint density at radius 1 is 1.35 bits per heavy atom. The second-order valence-corrected chi connectivity index (χ2v) is 3.72. The molecule has 0 aliphatic rings. The summed E-state index contributed by atoms with van der Waals surface area (Å²) in [5.41, 5.74) is 3.40. The van der Waals surface area contributed by atoms with Gasteiger partial charge in [-0.2, -0.15) is 0 Å². The third kappa shape index (κ3) is 2.36. The minimum atomic E-state index is 0.0317. The molecule has 4 N–H and O–H groups in total. The summed E-state index contributed by atoms with van der Waals surface area (Å²) in [5.74, 6) is 7.55. The number of hydrogen-bond acceptors (Lipinski definition) is 6. The van der Waals surface area contributed by atoms with Gasteiger partial charge in [-0.05, 0) is 26.0 Å². The van der Waals surface area contributed by atoms with Gasteiger partial charge in [-0.15, -0.1) is 0 Å². The predicted octanol–water partition coefficient (Wildman–Crippen LogP) is 1.84. The van der Waals surface area contributed by atoms with E-state index in [2.05, 4.69) is 20.7 Å². The van der Waals surface area contributed by atoms with Crippen LogP contribution >= 0.6 is 0 Å². The van der Waals surface area contributed by atoms with Crippen LogP contribution in [0.4, 0.5) is 11.6 Å². The van der Waals surface area contributed by atoms with Crippen LogP contribution in [-0.4, -0.2) is 9.97 Å². The first-order valence-corrected chi connectivity index (χ1v) is 5.30. The normalized spacial score (nSPS) is 12.2. The molecule has 0 saturated carbocycles. The zero-order valence-electron chi connectivity index (χ0n) is 9.77. The summed E-state index contributed by atoms with van der Waals surface area (Å²) in [4.78, 5) is 8.19. The molecule has 0 aliphatic carbocycles. The topological polar surface area (TPSA) is 89.0 Å². The summed E-state index contributed by atoms with van der Waals surface area (Å²) < 4.78 is 5.32. The summed E-state index contributed by atoms with van der Waals surface area (Å²) in [6, 6.07) is 3.80. The van der Waals surface area contributed by atoms with E-state index in [-0.39, 0.29) is 6.04 Å². The van der Waals surface area contributed by atoms with Crippen molar-refractivity contribution in [2.75, 3.05) is 10.7 Å². The number of nitrogens with zero attached hydrogens (tertiary/aromatic N) is 2. The van der Waals surface area contributed by atoms with Crippen LogP contribution in [0, 0.1) is 6.92 Å². The first-order valence-electron chi connectivity index (χ1n) is 5.30. The molecule has 0 amide bonds. The Balaban J connectivity index is 2.19. The fourth-order valence-corrected chi connectivity index (χ4v) is 1.56. The summed E-state index contributed by atoms with van der Waals surface area (Å²) in [7, 11) is 0. The van der Waals surface area contributed by atoms with Crippen LogP contribution in [0.2, 0.25) is 0 Å². The molecule has 2 aromatic heterocycles. The van der Waals surface area contributed by atoms with Gasteiger partial charge in [0.05, 0.1) is 12.3 Å². The second-order valence-electron chi connectivity index (χ2n) is 3.72. The number of nitrogens with two attached hydrogens (primary N) is 1. The maximum atomic E-state index is 5.36. The van der Waals surface area contributed by atoms with Crippen LogP contribution in [0.25, 0.3) is 0 Å². The van der Waals surface area contributed by atoms with Gasteiger partial charge in [0, 0.05) is 5.56 Å². The Morgan fingerprint density at radius 2 is 2.12 bits per heavy atom. The number of nitrogens with one attached hydrogen (secondary N) is 2. The molecular formula is C11H15N5O. The molecule has 17 heavy (non-hydrogen) atoms. The third-order valence-corrected chi connectivity index (χ3v) is 2.54. The van der Waals surface area contributed by atoms with E-state index in [9.17, 15) is 0 Å². The largest absolute Gasteiger partial charge is 0.467 e. The average Bonchev–Trinajstić information content (AvgIpc) is 2.85. The highest BCUT2D eigenvalue weighted by molar-refractivity contribution is 5.56. The highest BCUT2D eigenvalue weighted by atomic mass is 16.3. The maximum absolute atomic E-state index is 5.36. The Hall–Kier alpha value is -2.08. The van der Waals surface area contributed by atoms with Gasteiger partial charge in [-0.25, -0.2) is 15.8 Å². The molecule has 1 unspecified atom stereocenters. The molecule has 6 heteroatoms. The van der Waals surface area contributed by atoms with Gasteiger partial charge in [-0.1, -0.05) is 0 Å². The number of hydrogen-bond donors (Lipinski definition) is 3. The van der Waals surface area contributed by atoms with Crippen LogP contribution in [-0.2, 0) is 0 Å². The lowest BCUT2D eigenvalue weighted by Crippen LogP contribution is -2.14. The Labute approximate surface area is 99.2 Å². The summed E-state index contributed by atoms with van der Waals surface area (Å²) >= 11 is 0. The van der Waals surface area contributed by atoms with E-state index in [1.165, 1.54) is 6.33 Å². The van der Waals surface area contributed by atoms with Gasteiger partial charge in [0.1, 0.15) is 23.7 Å². The van der Waals surface area contributed by atoms with E-state index in [0.29, 0.717) is 5.82 Å². The smallest absolute Gasteiger partial charge is 0.148 e. The molecule has 2 aromatic rings. The fraction of sp³-hybridized carbons (Fsp3) is 0.273. The second kappa shape index (κ2) is 4.84. The van der Waals surface area contributed by atoms with Crippen molar-refractivity contribution in [1.29, 1.82) is 0 Å². The molecule has 6 nitrogen and oxygen atoms in total. The van der Waals surface area contributed by atoms with Crippen molar-refractivity contribution in [3.8, 4) is 0 Å². The first kappa shape index (κ1) is 11.4. The van der Waals surface area contributed by atoms with Crippen molar-refractivity contribution >= 4 is 11.6 Å². The number of anilines is 2. The van der Waals surface area contributed by atoms with E-state index in [4.69, 9.17) is 10.3 Å². The van der Waals surface area contributed by atoms with Crippen molar-refractivity contribution in [3.05, 3.63) is 36.0 Å². The highest BCUT2D eigenvalue weighted by Gasteiger charge is 2.12. The first-order chi connectivity index (χ1) is 8.22. The van der Waals surface area contributed by atoms with Crippen LogP contribution in [0.5, 0.6) is 0 Å². The Bertz CT molecular complexity index is 483. The SMILES string of the molecule is Cc1c(NN)ncnc1NC(C)c1ccco1. The molecule has 0 bridgehead atoms. The summed E-state index contributed by atoms with van der Waals surface area (Å²) in [5, 5.41) is 3.25. The lowest BCUT2D eigenvalue weighted by molar-refractivity contribution is 0.490. The maximum Gasteiger partial charge on any atom is 0.148 e. The Kier molecular flexibility index (Phi) is 3.24. The zero-order chi connectivity index (χ0) is 12.3. The lowest BCUT2D eigenvalue weighted by Gasteiger charge is -2.15. The molecule has 0 radical (unpaired) electrons. The number of rotatable bonds is 4. The molecule has 2 heterocycles. The van der Waals surface area contributed by atoms with E-state index < -0.39 is 0 Å². The molecule has 0 saturated heterocycles. The van der Waals surface area contributed by atoms with Crippen LogP contribution in [0.3, 0.4) is 0 Å². The van der Waals surface area contributed by atoms with Crippen LogP contribution in [0.15, 0.2) is 29.1 Å².